The van der Waals surface area contributed by atoms with Crippen LogP contribution in [0.15, 0.2) is 72.3 Å². The summed E-state index contributed by atoms with van der Waals surface area (Å²) in [5.41, 5.74) is 2.48. The van der Waals surface area contributed by atoms with Crippen LogP contribution in [0.1, 0.15) is 43.5 Å². The van der Waals surface area contributed by atoms with Gasteiger partial charge in [-0.15, -0.1) is 0 Å². The van der Waals surface area contributed by atoms with Crippen LogP contribution in [0.5, 0.6) is 17.2 Å². The number of rotatable bonds is 8. The second-order valence-corrected chi connectivity index (χ2v) is 8.96. The highest BCUT2D eigenvalue weighted by Gasteiger charge is 2.47. The number of aliphatic hydroxyl groups is 1. The third kappa shape index (κ3) is 4.89. The Morgan fingerprint density at radius 1 is 0.919 bits per heavy atom. The fraction of sp³-hybridized carbons (Fsp3) is 0.267. The molecule has 4 rings (SSSR count). The van der Waals surface area contributed by atoms with Crippen molar-refractivity contribution in [1.29, 1.82) is 0 Å². The van der Waals surface area contributed by atoms with Crippen LogP contribution in [0.25, 0.3) is 5.76 Å². The second-order valence-electron chi connectivity index (χ2n) is 8.96. The molecule has 7 nitrogen and oxygen atoms in total. The lowest BCUT2D eigenvalue weighted by atomic mass is 9.93. The van der Waals surface area contributed by atoms with Gasteiger partial charge in [0.1, 0.15) is 28.6 Å². The van der Waals surface area contributed by atoms with Crippen molar-refractivity contribution < 1.29 is 28.9 Å². The Morgan fingerprint density at radius 3 is 2.03 bits per heavy atom. The molecular weight excluding hydrogens is 470 g/mol. The van der Waals surface area contributed by atoms with Crippen molar-refractivity contribution in [3.05, 3.63) is 89.0 Å². The molecule has 1 atom stereocenters. The van der Waals surface area contributed by atoms with Crippen molar-refractivity contribution in [2.24, 2.45) is 0 Å². The van der Waals surface area contributed by atoms with Crippen LogP contribution in [0.4, 0.5) is 5.69 Å². The van der Waals surface area contributed by atoms with Gasteiger partial charge in [0.2, 0.25) is 0 Å². The molecule has 1 aliphatic rings. The summed E-state index contributed by atoms with van der Waals surface area (Å²) in [4.78, 5) is 28.4. The van der Waals surface area contributed by atoms with Crippen LogP contribution >= 0.6 is 0 Å². The minimum atomic E-state index is -0.864. The molecule has 7 heteroatoms. The number of aliphatic hydroxyl groups excluding tert-OH is 1. The number of carbonyl (C=O) groups is 2. The van der Waals surface area contributed by atoms with E-state index >= 15 is 0 Å². The number of nitrogens with zero attached hydrogens (tertiary/aromatic N) is 1. The van der Waals surface area contributed by atoms with E-state index in [-0.39, 0.29) is 23.0 Å². The fourth-order valence-corrected chi connectivity index (χ4v) is 4.53. The third-order valence-electron chi connectivity index (χ3n) is 6.30. The first kappa shape index (κ1) is 25.8. The summed E-state index contributed by atoms with van der Waals surface area (Å²) < 4.78 is 16.7. The van der Waals surface area contributed by atoms with Crippen LogP contribution < -0.4 is 19.1 Å². The number of methoxy groups -OCH3 is 2. The highest BCUT2D eigenvalue weighted by atomic mass is 16.5. The standard InChI is InChI=1S/C30H31NO6/c1-6-19-10-12-20(13-11-19)27-26(28(32)25-23(35-4)8-7-9-24(25)36-5)29(33)30(34)31(27)21-14-16-22(17-15-21)37-18(2)3/h7-18,27,32H,6H2,1-5H3/b28-26+. The molecule has 1 N–H and O–H groups in total. The number of ether oxygens (including phenoxy) is 3. The number of hydrogen-bond donors (Lipinski definition) is 1. The lowest BCUT2D eigenvalue weighted by Gasteiger charge is -2.26. The average molecular weight is 502 g/mol. The number of carbonyl (C=O) groups excluding carboxylic acids is 2. The van der Waals surface area contributed by atoms with Crippen LogP contribution in [-0.2, 0) is 16.0 Å². The number of ketones is 1. The Morgan fingerprint density at radius 2 is 1.51 bits per heavy atom. The number of aryl methyl sites for hydroxylation is 1. The maximum Gasteiger partial charge on any atom is 0.300 e. The molecule has 1 unspecified atom stereocenters. The Hall–Kier alpha value is -4.26. The minimum Gasteiger partial charge on any atom is -0.506 e. The van der Waals surface area contributed by atoms with Crippen LogP contribution in [0.3, 0.4) is 0 Å². The monoisotopic (exact) mass is 501 g/mol. The van der Waals surface area contributed by atoms with Crippen LogP contribution in [-0.4, -0.2) is 37.1 Å². The molecule has 0 aromatic heterocycles. The summed E-state index contributed by atoms with van der Waals surface area (Å²) in [5, 5.41) is 11.6. The highest BCUT2D eigenvalue weighted by molar-refractivity contribution is 6.51. The quantitative estimate of drug-likeness (QED) is 0.243. The van der Waals surface area contributed by atoms with Crippen LogP contribution in [0, 0.1) is 0 Å². The van der Waals surface area contributed by atoms with Crippen molar-refractivity contribution in [2.45, 2.75) is 39.3 Å². The first-order valence-electron chi connectivity index (χ1n) is 12.2. The molecule has 1 amide bonds. The molecule has 0 aliphatic carbocycles. The molecule has 0 spiro atoms. The van der Waals surface area contributed by atoms with Gasteiger partial charge in [-0.1, -0.05) is 37.3 Å². The molecule has 3 aromatic rings. The maximum atomic E-state index is 13.5. The second kappa shape index (κ2) is 10.8. The molecule has 1 aliphatic heterocycles. The molecule has 0 bridgehead atoms. The zero-order chi connectivity index (χ0) is 26.7. The van der Waals surface area contributed by atoms with Gasteiger partial charge >= 0.3 is 0 Å². The zero-order valence-corrected chi connectivity index (χ0v) is 21.6. The van der Waals surface area contributed by atoms with E-state index in [0.29, 0.717) is 28.5 Å². The van der Waals surface area contributed by atoms with Crippen molar-refractivity contribution in [3.8, 4) is 17.2 Å². The van der Waals surface area contributed by atoms with E-state index in [2.05, 4.69) is 6.92 Å². The van der Waals surface area contributed by atoms with Crippen molar-refractivity contribution in [2.75, 3.05) is 19.1 Å². The maximum absolute atomic E-state index is 13.5. The Labute approximate surface area is 216 Å². The molecule has 1 saturated heterocycles. The van der Waals surface area contributed by atoms with E-state index < -0.39 is 17.7 Å². The lowest BCUT2D eigenvalue weighted by Crippen LogP contribution is -2.29. The van der Waals surface area contributed by atoms with E-state index in [0.717, 1.165) is 12.0 Å². The molecule has 1 heterocycles. The number of amides is 1. The van der Waals surface area contributed by atoms with E-state index in [9.17, 15) is 14.7 Å². The number of hydrogen-bond acceptors (Lipinski definition) is 6. The van der Waals surface area contributed by atoms with Crippen molar-refractivity contribution in [1.82, 2.24) is 0 Å². The number of benzene rings is 3. The van der Waals surface area contributed by atoms with Gasteiger partial charge in [0, 0.05) is 5.69 Å². The van der Waals surface area contributed by atoms with Crippen LogP contribution in [0.2, 0.25) is 0 Å². The number of Topliss-reactive ketones (excluding diaryl/α,β-unsaturated/α-hetero) is 1. The first-order chi connectivity index (χ1) is 17.8. The van der Waals surface area contributed by atoms with Gasteiger partial charge < -0.3 is 19.3 Å². The summed E-state index contributed by atoms with van der Waals surface area (Å²) in [6, 6.07) is 18.8. The van der Waals surface area contributed by atoms with E-state index in [1.807, 2.05) is 38.1 Å². The van der Waals surface area contributed by atoms with Gasteiger partial charge in [0.25, 0.3) is 11.7 Å². The Kier molecular flexibility index (Phi) is 7.53. The average Bonchev–Trinajstić information content (AvgIpc) is 3.18. The van der Waals surface area contributed by atoms with Gasteiger partial charge in [-0.2, -0.15) is 0 Å². The van der Waals surface area contributed by atoms with E-state index in [4.69, 9.17) is 14.2 Å². The van der Waals surface area contributed by atoms with Crippen molar-refractivity contribution in [3.63, 3.8) is 0 Å². The summed E-state index contributed by atoms with van der Waals surface area (Å²) in [7, 11) is 2.93. The summed E-state index contributed by atoms with van der Waals surface area (Å²) in [6.07, 6.45) is 0.837. The number of anilines is 1. The van der Waals surface area contributed by atoms with Gasteiger partial charge in [-0.3, -0.25) is 14.5 Å². The van der Waals surface area contributed by atoms with Gasteiger partial charge in [0.15, 0.2) is 0 Å². The predicted molar refractivity (Wildman–Crippen MR) is 142 cm³/mol. The third-order valence-corrected chi connectivity index (χ3v) is 6.30. The van der Waals surface area contributed by atoms with E-state index in [1.54, 1.807) is 42.5 Å². The zero-order valence-electron chi connectivity index (χ0n) is 21.6. The van der Waals surface area contributed by atoms with Gasteiger partial charge in [-0.25, -0.2) is 0 Å². The molecular formula is C30H31NO6. The highest BCUT2D eigenvalue weighted by Crippen LogP contribution is 2.45. The lowest BCUT2D eigenvalue weighted by molar-refractivity contribution is -0.132. The normalized spacial score (nSPS) is 16.8. The Balaban J connectivity index is 1.93. The summed E-state index contributed by atoms with van der Waals surface area (Å²) >= 11 is 0. The van der Waals surface area contributed by atoms with E-state index in [1.165, 1.54) is 19.1 Å². The smallest absolute Gasteiger partial charge is 0.300 e. The molecule has 0 saturated carbocycles. The molecule has 37 heavy (non-hydrogen) atoms. The molecule has 1 fully saturated rings. The summed E-state index contributed by atoms with van der Waals surface area (Å²) in [5.74, 6) is -0.607. The largest absolute Gasteiger partial charge is 0.506 e. The molecule has 0 radical (unpaired) electrons. The van der Waals surface area contributed by atoms with Gasteiger partial charge in [0.05, 0.1) is 31.9 Å². The van der Waals surface area contributed by atoms with Crippen molar-refractivity contribution >= 4 is 23.1 Å². The minimum absolute atomic E-state index is 0.00649. The molecule has 192 valence electrons. The predicted octanol–water partition coefficient (Wildman–Crippen LogP) is 5.68. The SMILES string of the molecule is CCc1ccc(C2/C(=C(\O)c3c(OC)cccc3OC)C(=O)C(=O)N2c2ccc(OC(C)C)cc2)cc1. The Bertz CT molecular complexity index is 1300. The fourth-order valence-electron chi connectivity index (χ4n) is 4.53. The van der Waals surface area contributed by atoms with Gasteiger partial charge in [-0.05, 0) is 67.8 Å². The topological polar surface area (TPSA) is 85.3 Å². The summed E-state index contributed by atoms with van der Waals surface area (Å²) in [6.45, 7) is 5.91. The molecule has 3 aromatic carbocycles. The first-order valence-corrected chi connectivity index (χ1v) is 12.2.